The smallest absolute Gasteiger partial charge is 0.248 e. The van der Waals surface area contributed by atoms with Crippen molar-refractivity contribution in [2.75, 3.05) is 12.4 Å². The second-order valence-corrected chi connectivity index (χ2v) is 5.85. The molecule has 5 nitrogen and oxygen atoms in total. The summed E-state index contributed by atoms with van der Waals surface area (Å²) in [6, 6.07) is 17.2. The number of aromatic nitrogens is 1. The number of methoxy groups -OCH3 is 1. The number of hydrogen-bond acceptors (Lipinski definition) is 4. The van der Waals surface area contributed by atoms with E-state index in [0.717, 1.165) is 11.3 Å². The molecule has 0 radical (unpaired) electrons. The second-order valence-electron chi connectivity index (χ2n) is 5.85. The van der Waals surface area contributed by atoms with E-state index in [1.807, 2.05) is 42.5 Å². The second kappa shape index (κ2) is 9.32. The van der Waals surface area contributed by atoms with Crippen LogP contribution in [0.25, 0.3) is 6.08 Å². The fraction of sp³-hybridized carbons (Fsp3) is 0.0909. The van der Waals surface area contributed by atoms with Crippen LogP contribution in [0.4, 0.5) is 10.1 Å². The van der Waals surface area contributed by atoms with E-state index in [-0.39, 0.29) is 11.7 Å². The zero-order chi connectivity index (χ0) is 19.8. The van der Waals surface area contributed by atoms with Crippen molar-refractivity contribution < 1.29 is 18.7 Å². The van der Waals surface area contributed by atoms with Crippen LogP contribution in [0.5, 0.6) is 11.5 Å². The zero-order valence-corrected chi connectivity index (χ0v) is 15.3. The van der Waals surface area contributed by atoms with Crippen molar-refractivity contribution in [2.45, 2.75) is 6.61 Å². The average molecular weight is 378 g/mol. The van der Waals surface area contributed by atoms with Gasteiger partial charge in [0, 0.05) is 24.0 Å². The summed E-state index contributed by atoms with van der Waals surface area (Å²) in [5.41, 5.74) is 2.03. The van der Waals surface area contributed by atoms with E-state index in [1.165, 1.54) is 25.3 Å². The summed E-state index contributed by atoms with van der Waals surface area (Å²) in [5, 5.41) is 2.60. The third-order valence-corrected chi connectivity index (χ3v) is 3.84. The molecule has 2 aromatic carbocycles. The van der Waals surface area contributed by atoms with Crippen LogP contribution in [0.1, 0.15) is 11.3 Å². The maximum absolute atomic E-state index is 13.7. The van der Waals surface area contributed by atoms with Crippen molar-refractivity contribution in [3.05, 3.63) is 90.0 Å². The summed E-state index contributed by atoms with van der Waals surface area (Å²) in [7, 11) is 1.38. The first-order valence-corrected chi connectivity index (χ1v) is 8.59. The van der Waals surface area contributed by atoms with Gasteiger partial charge in [-0.05, 0) is 48.0 Å². The minimum Gasteiger partial charge on any atom is -0.494 e. The molecule has 1 heterocycles. The molecule has 0 aliphatic carbocycles. The number of rotatable bonds is 7. The molecule has 0 aliphatic heterocycles. The van der Waals surface area contributed by atoms with Crippen molar-refractivity contribution in [3.63, 3.8) is 0 Å². The largest absolute Gasteiger partial charge is 0.494 e. The number of carbonyl (C=O) groups excluding carboxylic acids is 1. The van der Waals surface area contributed by atoms with Crippen LogP contribution in [0.3, 0.4) is 0 Å². The van der Waals surface area contributed by atoms with Gasteiger partial charge in [-0.3, -0.25) is 9.78 Å². The number of carbonyl (C=O) groups is 1. The van der Waals surface area contributed by atoms with Crippen LogP contribution in [0.2, 0.25) is 0 Å². The quantitative estimate of drug-likeness (QED) is 0.617. The number of anilines is 1. The van der Waals surface area contributed by atoms with Crippen molar-refractivity contribution in [1.29, 1.82) is 0 Å². The molecule has 1 amide bonds. The molecule has 0 saturated heterocycles. The molecule has 0 bridgehead atoms. The molecule has 0 aliphatic rings. The predicted molar refractivity (Wildman–Crippen MR) is 106 cm³/mol. The molecule has 3 aromatic rings. The third-order valence-electron chi connectivity index (χ3n) is 3.84. The number of amides is 1. The fourth-order valence-electron chi connectivity index (χ4n) is 2.42. The van der Waals surface area contributed by atoms with Gasteiger partial charge in [0.05, 0.1) is 12.8 Å². The van der Waals surface area contributed by atoms with Crippen molar-refractivity contribution in [1.82, 2.24) is 4.98 Å². The van der Waals surface area contributed by atoms with Crippen LogP contribution in [0.15, 0.2) is 72.9 Å². The highest BCUT2D eigenvalue weighted by molar-refractivity contribution is 6.01. The van der Waals surface area contributed by atoms with Gasteiger partial charge in [0.2, 0.25) is 5.91 Å². The molecule has 28 heavy (non-hydrogen) atoms. The maximum atomic E-state index is 13.7. The molecular formula is C22H19FN2O3. The molecular weight excluding hydrogens is 359 g/mol. The van der Waals surface area contributed by atoms with Gasteiger partial charge in [-0.15, -0.1) is 0 Å². The average Bonchev–Trinajstić information content (AvgIpc) is 2.72. The normalized spacial score (nSPS) is 10.6. The number of nitrogens with one attached hydrogen (secondary N) is 1. The lowest BCUT2D eigenvalue weighted by atomic mass is 10.2. The molecule has 0 saturated carbocycles. The topological polar surface area (TPSA) is 60.5 Å². The van der Waals surface area contributed by atoms with E-state index in [1.54, 1.807) is 18.3 Å². The van der Waals surface area contributed by atoms with E-state index in [9.17, 15) is 9.18 Å². The summed E-state index contributed by atoms with van der Waals surface area (Å²) in [4.78, 5) is 16.2. The highest BCUT2D eigenvalue weighted by Crippen LogP contribution is 2.20. The first-order chi connectivity index (χ1) is 13.6. The molecule has 6 heteroatoms. The minimum atomic E-state index is -0.537. The van der Waals surface area contributed by atoms with Gasteiger partial charge in [0.15, 0.2) is 11.6 Å². The Morgan fingerprint density at radius 1 is 1.14 bits per heavy atom. The molecule has 1 N–H and O–H groups in total. The summed E-state index contributed by atoms with van der Waals surface area (Å²) in [6.07, 6.45) is 4.77. The number of nitrogens with zero attached hydrogens (tertiary/aromatic N) is 1. The Labute approximate surface area is 162 Å². The van der Waals surface area contributed by atoms with Gasteiger partial charge in [-0.1, -0.05) is 18.2 Å². The molecule has 3 rings (SSSR count). The Hall–Kier alpha value is -3.67. The molecule has 142 valence electrons. The number of halogens is 1. The van der Waals surface area contributed by atoms with Crippen molar-refractivity contribution >= 4 is 17.7 Å². The number of pyridine rings is 1. The van der Waals surface area contributed by atoms with Crippen LogP contribution >= 0.6 is 0 Å². The Morgan fingerprint density at radius 3 is 2.64 bits per heavy atom. The van der Waals surface area contributed by atoms with Gasteiger partial charge >= 0.3 is 0 Å². The lowest BCUT2D eigenvalue weighted by Gasteiger charge is -2.06. The molecule has 0 fully saturated rings. The molecule has 0 unspecified atom stereocenters. The third kappa shape index (κ3) is 5.41. The highest BCUT2D eigenvalue weighted by atomic mass is 19.1. The van der Waals surface area contributed by atoms with Crippen LogP contribution in [0, 0.1) is 5.82 Å². The molecule has 1 aromatic heterocycles. The number of hydrogen-bond donors (Lipinski definition) is 1. The number of ether oxygens (including phenoxy) is 2. The highest BCUT2D eigenvalue weighted by Gasteiger charge is 2.05. The van der Waals surface area contributed by atoms with E-state index >= 15 is 0 Å². The standard InChI is InChI=1S/C22H19FN2O3/c1-27-21-11-8-17(14-20(21)23)25-22(26)12-7-16-5-9-19(10-6-16)28-15-18-4-2-3-13-24-18/h2-14H,15H2,1H3,(H,25,26). The predicted octanol–water partition coefficient (Wildman–Crippen LogP) is 4.46. The fourth-order valence-corrected chi connectivity index (χ4v) is 2.42. The Bertz CT molecular complexity index is 957. The monoisotopic (exact) mass is 378 g/mol. The van der Waals surface area contributed by atoms with Crippen LogP contribution in [-0.2, 0) is 11.4 Å². The van der Waals surface area contributed by atoms with Gasteiger partial charge in [0.1, 0.15) is 12.4 Å². The molecule has 0 spiro atoms. The van der Waals surface area contributed by atoms with Gasteiger partial charge in [-0.25, -0.2) is 4.39 Å². The first kappa shape index (κ1) is 19.1. The summed E-state index contributed by atoms with van der Waals surface area (Å²) < 4.78 is 24.2. The molecule has 0 atom stereocenters. The van der Waals surface area contributed by atoms with E-state index in [0.29, 0.717) is 18.0 Å². The SMILES string of the molecule is COc1ccc(NC(=O)C=Cc2ccc(OCc3ccccn3)cc2)cc1F. The van der Waals surface area contributed by atoms with Crippen molar-refractivity contribution in [2.24, 2.45) is 0 Å². The van der Waals surface area contributed by atoms with Crippen LogP contribution < -0.4 is 14.8 Å². The summed E-state index contributed by atoms with van der Waals surface area (Å²) in [5.74, 6) is -0.0644. The van der Waals surface area contributed by atoms with Gasteiger partial charge in [0.25, 0.3) is 0 Å². The van der Waals surface area contributed by atoms with Crippen LogP contribution in [-0.4, -0.2) is 18.0 Å². The lowest BCUT2D eigenvalue weighted by Crippen LogP contribution is -2.08. The van der Waals surface area contributed by atoms with E-state index in [2.05, 4.69) is 10.3 Å². The van der Waals surface area contributed by atoms with Gasteiger partial charge in [-0.2, -0.15) is 0 Å². The van der Waals surface area contributed by atoms with E-state index < -0.39 is 5.82 Å². The Balaban J connectivity index is 1.53. The summed E-state index contributed by atoms with van der Waals surface area (Å²) >= 11 is 0. The lowest BCUT2D eigenvalue weighted by molar-refractivity contribution is -0.111. The Morgan fingerprint density at radius 2 is 1.96 bits per heavy atom. The minimum absolute atomic E-state index is 0.124. The summed E-state index contributed by atoms with van der Waals surface area (Å²) in [6.45, 7) is 0.386. The number of benzene rings is 2. The van der Waals surface area contributed by atoms with Gasteiger partial charge < -0.3 is 14.8 Å². The maximum Gasteiger partial charge on any atom is 0.248 e. The van der Waals surface area contributed by atoms with Crippen molar-refractivity contribution in [3.8, 4) is 11.5 Å². The Kier molecular flexibility index (Phi) is 6.36. The zero-order valence-electron chi connectivity index (χ0n) is 15.3. The first-order valence-electron chi connectivity index (χ1n) is 8.59. The van der Waals surface area contributed by atoms with E-state index in [4.69, 9.17) is 9.47 Å².